The maximum Gasteiger partial charge on any atom is 0.111 e. The lowest BCUT2D eigenvalue weighted by atomic mass is 10.5. The Hall–Kier alpha value is 0.220. The topological polar surface area (TPSA) is 0 Å². The molecule has 0 aliphatic rings. The molecule has 0 rings (SSSR count). The van der Waals surface area contributed by atoms with E-state index >= 15 is 0 Å². The number of rotatable bonds is 1. The van der Waals surface area contributed by atoms with Gasteiger partial charge in [-0.05, 0) is 6.92 Å². The van der Waals surface area contributed by atoms with Crippen LogP contribution in [-0.4, -0.2) is 12.1 Å². The SMILES string of the molecule is CC(F)CCl. The predicted octanol–water partition coefficient (Wildman–Crippen LogP) is 1.58. The third-order valence-corrected chi connectivity index (χ3v) is 0.638. The first-order valence-electron chi connectivity index (χ1n) is 1.47. The maximum absolute atomic E-state index is 11.3. The molecule has 0 aliphatic heterocycles. The zero-order valence-electron chi connectivity index (χ0n) is 3.04. The van der Waals surface area contributed by atoms with Crippen LogP contribution in [0.5, 0.6) is 0 Å². The molecule has 1 unspecified atom stereocenters. The first kappa shape index (κ1) is 5.22. The molecule has 0 amide bonds. The molecular formula is C3H6ClF. The molecule has 0 heterocycles. The average molecular weight is 96.5 g/mol. The van der Waals surface area contributed by atoms with E-state index in [0.717, 1.165) is 0 Å². The average Bonchev–Trinajstić information content (AvgIpc) is 1.38. The molecule has 0 fully saturated rings. The van der Waals surface area contributed by atoms with Gasteiger partial charge in [-0.1, -0.05) is 0 Å². The van der Waals surface area contributed by atoms with Gasteiger partial charge in [-0.15, -0.1) is 11.6 Å². The monoisotopic (exact) mass is 96.0 g/mol. The molecule has 0 aromatic rings. The number of halogens is 2. The second-order valence-corrected chi connectivity index (χ2v) is 1.24. The zero-order chi connectivity index (χ0) is 4.28. The first-order chi connectivity index (χ1) is 2.27. The quantitative estimate of drug-likeness (QED) is 0.435. The normalized spacial score (nSPS) is 15.0. The van der Waals surface area contributed by atoms with Crippen molar-refractivity contribution in [2.75, 3.05) is 5.88 Å². The molecule has 32 valence electrons. The Bertz CT molecular complexity index is 20.9. The summed E-state index contributed by atoms with van der Waals surface area (Å²) >= 11 is 4.96. The van der Waals surface area contributed by atoms with Crippen LogP contribution in [0.25, 0.3) is 0 Å². The van der Waals surface area contributed by atoms with Crippen LogP contribution in [0.4, 0.5) is 4.39 Å². The van der Waals surface area contributed by atoms with Gasteiger partial charge in [-0.25, -0.2) is 4.39 Å². The summed E-state index contributed by atoms with van der Waals surface area (Å²) in [5.74, 6) is 0.111. The van der Waals surface area contributed by atoms with E-state index < -0.39 is 6.17 Å². The van der Waals surface area contributed by atoms with Gasteiger partial charge >= 0.3 is 0 Å². The van der Waals surface area contributed by atoms with Crippen LogP contribution >= 0.6 is 11.6 Å². The molecule has 0 aromatic heterocycles. The van der Waals surface area contributed by atoms with Crippen molar-refractivity contribution in [3.05, 3.63) is 0 Å². The lowest BCUT2D eigenvalue weighted by Gasteiger charge is -1.84. The van der Waals surface area contributed by atoms with E-state index in [1.165, 1.54) is 6.92 Å². The van der Waals surface area contributed by atoms with Gasteiger partial charge < -0.3 is 0 Å². The Balaban J connectivity index is 2.54. The molecule has 0 aliphatic carbocycles. The number of alkyl halides is 2. The molecule has 1 atom stereocenters. The van der Waals surface area contributed by atoms with Gasteiger partial charge in [-0.3, -0.25) is 0 Å². The van der Waals surface area contributed by atoms with Crippen LogP contribution in [0.1, 0.15) is 6.92 Å². The molecule has 0 saturated heterocycles. The standard InChI is InChI=1S/C3H6ClF/c1-3(5)2-4/h3H,2H2,1H3. The van der Waals surface area contributed by atoms with Crippen LogP contribution in [-0.2, 0) is 0 Å². The Morgan fingerprint density at radius 2 is 2.20 bits per heavy atom. The highest BCUT2D eigenvalue weighted by Gasteiger charge is 1.87. The minimum absolute atomic E-state index is 0.111. The minimum Gasteiger partial charge on any atom is -0.246 e. The summed E-state index contributed by atoms with van der Waals surface area (Å²) in [7, 11) is 0. The minimum atomic E-state index is -0.850. The van der Waals surface area contributed by atoms with Gasteiger partial charge in [-0.2, -0.15) is 0 Å². The van der Waals surface area contributed by atoms with E-state index in [1.807, 2.05) is 0 Å². The van der Waals surface area contributed by atoms with E-state index in [0.29, 0.717) is 0 Å². The summed E-state index contributed by atoms with van der Waals surface area (Å²) in [6.45, 7) is 1.42. The van der Waals surface area contributed by atoms with Crippen molar-refractivity contribution in [1.29, 1.82) is 0 Å². The van der Waals surface area contributed by atoms with Crippen LogP contribution in [0, 0.1) is 0 Å². The van der Waals surface area contributed by atoms with E-state index in [2.05, 4.69) is 0 Å². The molecule has 2 heteroatoms. The predicted molar refractivity (Wildman–Crippen MR) is 21.3 cm³/mol. The summed E-state index contributed by atoms with van der Waals surface area (Å²) in [5.41, 5.74) is 0. The summed E-state index contributed by atoms with van der Waals surface area (Å²) in [5, 5.41) is 0. The van der Waals surface area contributed by atoms with Crippen molar-refractivity contribution in [2.45, 2.75) is 13.1 Å². The molecule has 0 spiro atoms. The van der Waals surface area contributed by atoms with Gasteiger partial charge in [0.25, 0.3) is 0 Å². The van der Waals surface area contributed by atoms with E-state index in [-0.39, 0.29) is 5.88 Å². The van der Waals surface area contributed by atoms with Crippen LogP contribution in [0.15, 0.2) is 0 Å². The van der Waals surface area contributed by atoms with Gasteiger partial charge in [0.05, 0.1) is 5.88 Å². The van der Waals surface area contributed by atoms with Crippen molar-refractivity contribution in [2.24, 2.45) is 0 Å². The third-order valence-electron chi connectivity index (χ3n) is 0.213. The molecule has 0 radical (unpaired) electrons. The number of hydrogen-bond donors (Lipinski definition) is 0. The lowest BCUT2D eigenvalue weighted by molar-refractivity contribution is 0.396. The molecule has 0 saturated carbocycles. The summed E-state index contributed by atoms with van der Waals surface area (Å²) in [6.07, 6.45) is -0.850. The number of hydrogen-bond acceptors (Lipinski definition) is 0. The molecule has 0 aromatic carbocycles. The summed E-state index contributed by atoms with van der Waals surface area (Å²) in [4.78, 5) is 0. The van der Waals surface area contributed by atoms with Gasteiger partial charge in [0.1, 0.15) is 6.17 Å². The fraction of sp³-hybridized carbons (Fsp3) is 1.00. The Kier molecular flexibility index (Phi) is 2.57. The largest absolute Gasteiger partial charge is 0.246 e. The Labute approximate surface area is 35.9 Å². The van der Waals surface area contributed by atoms with Crippen LogP contribution in [0.3, 0.4) is 0 Å². The molecule has 5 heavy (non-hydrogen) atoms. The van der Waals surface area contributed by atoms with E-state index in [4.69, 9.17) is 11.6 Å². The molecule has 0 nitrogen and oxygen atoms in total. The fourth-order valence-corrected chi connectivity index (χ4v) is 0. The van der Waals surface area contributed by atoms with Crippen molar-refractivity contribution in [3.63, 3.8) is 0 Å². The third kappa shape index (κ3) is 4.22. The fourth-order valence-electron chi connectivity index (χ4n) is 0. The van der Waals surface area contributed by atoms with Gasteiger partial charge in [0, 0.05) is 0 Å². The second kappa shape index (κ2) is 2.46. The lowest BCUT2D eigenvalue weighted by Crippen LogP contribution is -1.89. The van der Waals surface area contributed by atoms with Gasteiger partial charge in [0.2, 0.25) is 0 Å². The van der Waals surface area contributed by atoms with Gasteiger partial charge in [0.15, 0.2) is 0 Å². The van der Waals surface area contributed by atoms with Crippen LogP contribution in [0.2, 0.25) is 0 Å². The highest BCUT2D eigenvalue weighted by Crippen LogP contribution is 1.88. The van der Waals surface area contributed by atoms with E-state index in [1.54, 1.807) is 0 Å². The maximum atomic E-state index is 11.3. The molecular weight excluding hydrogens is 90.5 g/mol. The second-order valence-electron chi connectivity index (χ2n) is 0.935. The van der Waals surface area contributed by atoms with Crippen molar-refractivity contribution < 1.29 is 4.39 Å². The molecule has 0 N–H and O–H groups in total. The molecule has 0 bridgehead atoms. The smallest absolute Gasteiger partial charge is 0.111 e. The van der Waals surface area contributed by atoms with Crippen LogP contribution < -0.4 is 0 Å². The van der Waals surface area contributed by atoms with Crippen molar-refractivity contribution in [3.8, 4) is 0 Å². The zero-order valence-corrected chi connectivity index (χ0v) is 3.80. The first-order valence-corrected chi connectivity index (χ1v) is 2.01. The Morgan fingerprint density at radius 3 is 2.20 bits per heavy atom. The highest BCUT2D eigenvalue weighted by molar-refractivity contribution is 6.18. The Morgan fingerprint density at radius 1 is 2.00 bits per heavy atom. The summed E-state index contributed by atoms with van der Waals surface area (Å²) in [6, 6.07) is 0. The van der Waals surface area contributed by atoms with E-state index in [9.17, 15) is 4.39 Å². The van der Waals surface area contributed by atoms with Crippen molar-refractivity contribution in [1.82, 2.24) is 0 Å². The van der Waals surface area contributed by atoms with Crippen molar-refractivity contribution >= 4 is 11.6 Å². The highest BCUT2D eigenvalue weighted by atomic mass is 35.5. The summed E-state index contributed by atoms with van der Waals surface area (Å²) < 4.78 is 11.3.